The first-order valence-electron chi connectivity index (χ1n) is 6.24. The van der Waals surface area contributed by atoms with Crippen LogP contribution in [-0.4, -0.2) is 12.6 Å². The smallest absolute Gasteiger partial charge is 0.0126 e. The second kappa shape index (κ2) is 4.65. The lowest BCUT2D eigenvalue weighted by molar-refractivity contribution is 0.153. The van der Waals surface area contributed by atoms with E-state index in [-0.39, 0.29) is 0 Å². The van der Waals surface area contributed by atoms with Gasteiger partial charge in [-0.15, -0.1) is 0 Å². The van der Waals surface area contributed by atoms with Gasteiger partial charge in [-0.05, 0) is 36.6 Å². The average Bonchev–Trinajstić information content (AvgIpc) is 2.47. The van der Waals surface area contributed by atoms with Gasteiger partial charge in [0.1, 0.15) is 0 Å². The Morgan fingerprint density at radius 1 is 1.36 bits per heavy atom. The van der Waals surface area contributed by atoms with Crippen LogP contribution in [0.3, 0.4) is 0 Å². The van der Waals surface area contributed by atoms with Gasteiger partial charge in [-0.25, -0.2) is 0 Å². The van der Waals surface area contributed by atoms with E-state index in [2.05, 4.69) is 39.9 Å². The topological polar surface area (TPSA) is 12.0 Å². The van der Waals surface area contributed by atoms with Crippen molar-refractivity contribution in [2.24, 2.45) is 17.3 Å². The summed E-state index contributed by atoms with van der Waals surface area (Å²) in [6.07, 6.45) is 4.01. The van der Waals surface area contributed by atoms with Crippen molar-refractivity contribution in [2.75, 3.05) is 6.54 Å². The minimum atomic E-state index is 0.541. The summed E-state index contributed by atoms with van der Waals surface area (Å²) in [5, 5.41) is 3.69. The highest BCUT2D eigenvalue weighted by molar-refractivity contribution is 4.96. The minimum Gasteiger partial charge on any atom is -0.313 e. The van der Waals surface area contributed by atoms with Gasteiger partial charge in [-0.2, -0.15) is 0 Å². The summed E-state index contributed by atoms with van der Waals surface area (Å²) >= 11 is 0. The van der Waals surface area contributed by atoms with Gasteiger partial charge >= 0.3 is 0 Å². The minimum absolute atomic E-state index is 0.541. The molecule has 1 heteroatoms. The quantitative estimate of drug-likeness (QED) is 0.728. The Kier molecular flexibility index (Phi) is 4.00. The molecule has 0 aromatic carbocycles. The highest BCUT2D eigenvalue weighted by atomic mass is 15.0. The van der Waals surface area contributed by atoms with Crippen LogP contribution in [-0.2, 0) is 0 Å². The van der Waals surface area contributed by atoms with Gasteiger partial charge in [0.25, 0.3) is 0 Å². The van der Waals surface area contributed by atoms with Crippen LogP contribution in [0.5, 0.6) is 0 Å². The maximum Gasteiger partial charge on any atom is 0.0126 e. The summed E-state index contributed by atoms with van der Waals surface area (Å²) in [6.45, 7) is 13.1. The van der Waals surface area contributed by atoms with Crippen molar-refractivity contribution in [2.45, 2.75) is 59.9 Å². The van der Waals surface area contributed by atoms with E-state index < -0.39 is 0 Å². The summed E-state index contributed by atoms with van der Waals surface area (Å²) in [5.74, 6) is 1.66. The molecule has 3 unspecified atom stereocenters. The third-order valence-corrected chi connectivity index (χ3v) is 4.30. The van der Waals surface area contributed by atoms with E-state index in [4.69, 9.17) is 0 Å². The van der Waals surface area contributed by atoms with Crippen LogP contribution in [0.15, 0.2) is 0 Å². The summed E-state index contributed by atoms with van der Waals surface area (Å²) < 4.78 is 0. The lowest BCUT2D eigenvalue weighted by atomic mass is 9.69. The fourth-order valence-electron chi connectivity index (χ4n) is 2.80. The lowest BCUT2D eigenvalue weighted by Crippen LogP contribution is -2.39. The fourth-order valence-corrected chi connectivity index (χ4v) is 2.80. The van der Waals surface area contributed by atoms with E-state index in [9.17, 15) is 0 Å². The van der Waals surface area contributed by atoms with Crippen molar-refractivity contribution >= 4 is 0 Å². The molecule has 1 heterocycles. The van der Waals surface area contributed by atoms with Crippen molar-refractivity contribution in [3.05, 3.63) is 0 Å². The van der Waals surface area contributed by atoms with Crippen LogP contribution < -0.4 is 5.32 Å². The van der Waals surface area contributed by atoms with Crippen LogP contribution >= 0.6 is 0 Å². The summed E-state index contributed by atoms with van der Waals surface area (Å²) in [6, 6.07) is 0.748. The maximum absolute atomic E-state index is 3.69. The second-order valence-electron chi connectivity index (χ2n) is 5.70. The largest absolute Gasteiger partial charge is 0.313 e. The van der Waals surface area contributed by atoms with Gasteiger partial charge in [-0.3, -0.25) is 0 Å². The Balaban J connectivity index is 2.65. The summed E-state index contributed by atoms with van der Waals surface area (Å²) in [5.41, 5.74) is 0.541. The van der Waals surface area contributed by atoms with E-state index in [0.717, 1.165) is 17.9 Å². The number of hydrogen-bond donors (Lipinski definition) is 1. The van der Waals surface area contributed by atoms with Crippen LogP contribution in [0.2, 0.25) is 0 Å². The lowest BCUT2D eigenvalue weighted by Gasteiger charge is -2.37. The zero-order valence-electron chi connectivity index (χ0n) is 10.6. The predicted molar refractivity (Wildman–Crippen MR) is 63.4 cm³/mol. The standard InChI is InChI=1S/C13H27N/c1-6-11(4)13(5)7-8-14-12(13)9-10(2)3/h10-12,14H,6-9H2,1-5H3. The molecule has 0 aliphatic carbocycles. The number of nitrogens with one attached hydrogen (secondary N) is 1. The Morgan fingerprint density at radius 3 is 2.50 bits per heavy atom. The Morgan fingerprint density at radius 2 is 2.00 bits per heavy atom. The van der Waals surface area contributed by atoms with Crippen molar-refractivity contribution in [1.82, 2.24) is 5.32 Å². The summed E-state index contributed by atoms with van der Waals surface area (Å²) in [7, 11) is 0. The third kappa shape index (κ3) is 2.31. The van der Waals surface area contributed by atoms with Crippen LogP contribution in [0.25, 0.3) is 0 Å². The van der Waals surface area contributed by atoms with Gasteiger partial charge in [0.2, 0.25) is 0 Å². The SMILES string of the molecule is CCC(C)C1(C)CCNC1CC(C)C. The first-order chi connectivity index (χ1) is 6.50. The summed E-state index contributed by atoms with van der Waals surface area (Å²) in [4.78, 5) is 0. The molecular weight excluding hydrogens is 170 g/mol. The molecule has 3 atom stereocenters. The fraction of sp³-hybridized carbons (Fsp3) is 1.00. The van der Waals surface area contributed by atoms with Gasteiger partial charge in [0, 0.05) is 6.04 Å². The van der Waals surface area contributed by atoms with Gasteiger partial charge in [0.15, 0.2) is 0 Å². The van der Waals surface area contributed by atoms with Crippen molar-refractivity contribution in [1.29, 1.82) is 0 Å². The molecule has 0 spiro atoms. The average molecular weight is 197 g/mol. The molecule has 0 bridgehead atoms. The highest BCUT2D eigenvalue weighted by Gasteiger charge is 2.41. The molecule has 14 heavy (non-hydrogen) atoms. The molecule has 0 amide bonds. The molecule has 1 fully saturated rings. The monoisotopic (exact) mass is 197 g/mol. The molecule has 0 aromatic heterocycles. The zero-order valence-corrected chi connectivity index (χ0v) is 10.6. The van der Waals surface area contributed by atoms with Gasteiger partial charge < -0.3 is 5.32 Å². The third-order valence-electron chi connectivity index (χ3n) is 4.30. The number of rotatable bonds is 4. The van der Waals surface area contributed by atoms with Crippen molar-refractivity contribution in [3.63, 3.8) is 0 Å². The zero-order chi connectivity index (χ0) is 10.8. The van der Waals surface area contributed by atoms with Crippen LogP contribution in [0.4, 0.5) is 0 Å². The molecule has 1 N–H and O–H groups in total. The Labute approximate surface area is 89.7 Å². The Hall–Kier alpha value is -0.0400. The van der Waals surface area contributed by atoms with Crippen LogP contribution in [0, 0.1) is 17.3 Å². The first kappa shape index (κ1) is 12.0. The van der Waals surface area contributed by atoms with Gasteiger partial charge in [-0.1, -0.05) is 41.0 Å². The van der Waals surface area contributed by atoms with E-state index in [1.807, 2.05) is 0 Å². The molecule has 1 rings (SSSR count). The normalized spacial score (nSPS) is 35.1. The van der Waals surface area contributed by atoms with E-state index >= 15 is 0 Å². The van der Waals surface area contributed by atoms with E-state index in [1.165, 1.54) is 25.8 Å². The molecular formula is C13H27N. The molecule has 1 aliphatic heterocycles. The molecule has 1 saturated heterocycles. The van der Waals surface area contributed by atoms with Crippen LogP contribution in [0.1, 0.15) is 53.9 Å². The Bertz CT molecular complexity index is 176. The maximum atomic E-state index is 3.69. The molecule has 0 aromatic rings. The van der Waals surface area contributed by atoms with E-state index in [1.54, 1.807) is 0 Å². The van der Waals surface area contributed by atoms with Crippen molar-refractivity contribution in [3.8, 4) is 0 Å². The highest BCUT2D eigenvalue weighted by Crippen LogP contribution is 2.42. The first-order valence-corrected chi connectivity index (χ1v) is 6.24. The molecule has 1 aliphatic rings. The molecule has 0 saturated carbocycles. The molecule has 1 nitrogen and oxygen atoms in total. The number of hydrogen-bond acceptors (Lipinski definition) is 1. The second-order valence-corrected chi connectivity index (χ2v) is 5.70. The van der Waals surface area contributed by atoms with Crippen molar-refractivity contribution < 1.29 is 0 Å². The molecule has 0 radical (unpaired) electrons. The van der Waals surface area contributed by atoms with E-state index in [0.29, 0.717) is 5.41 Å². The predicted octanol–water partition coefficient (Wildman–Crippen LogP) is 3.45. The van der Waals surface area contributed by atoms with Gasteiger partial charge in [0.05, 0.1) is 0 Å². The molecule has 84 valence electrons.